The molecule has 0 bridgehead atoms. The summed E-state index contributed by atoms with van der Waals surface area (Å²) in [5.41, 5.74) is 0. The lowest BCUT2D eigenvalue weighted by Crippen LogP contribution is -2.06. The van der Waals surface area contributed by atoms with Gasteiger partial charge in [0.25, 0.3) is 0 Å². The van der Waals surface area contributed by atoms with Gasteiger partial charge in [-0.2, -0.15) is 0 Å². The zero-order valence-corrected chi connectivity index (χ0v) is 8.95. The van der Waals surface area contributed by atoms with Crippen LogP contribution in [0.1, 0.15) is 51.9 Å². The van der Waals surface area contributed by atoms with Crippen LogP contribution in [0.3, 0.4) is 0 Å². The van der Waals surface area contributed by atoms with E-state index in [9.17, 15) is 0 Å². The molecule has 1 rings (SSSR count). The topological polar surface area (TPSA) is 0 Å². The number of hydrogen-bond donors (Lipinski definition) is 0. The standard InChI is InChI=1S/C11H21Cl/c1-10(9-12)8-11-6-4-2-3-5-7-11/h10-11H,2-9H2,1H3. The first-order valence-corrected chi connectivity index (χ1v) is 5.92. The van der Waals surface area contributed by atoms with Gasteiger partial charge in [0.05, 0.1) is 0 Å². The third kappa shape index (κ3) is 3.80. The minimum atomic E-state index is 0.731. The highest BCUT2D eigenvalue weighted by Gasteiger charge is 2.14. The zero-order chi connectivity index (χ0) is 8.81. The van der Waals surface area contributed by atoms with Gasteiger partial charge in [-0.3, -0.25) is 0 Å². The molecule has 1 unspecified atom stereocenters. The van der Waals surface area contributed by atoms with Gasteiger partial charge >= 0.3 is 0 Å². The zero-order valence-electron chi connectivity index (χ0n) is 8.19. The highest BCUT2D eigenvalue weighted by Crippen LogP contribution is 2.28. The molecule has 72 valence electrons. The van der Waals surface area contributed by atoms with Gasteiger partial charge in [0.2, 0.25) is 0 Å². The van der Waals surface area contributed by atoms with Crippen molar-refractivity contribution >= 4 is 11.6 Å². The number of halogens is 1. The molecule has 0 nitrogen and oxygen atoms in total. The van der Waals surface area contributed by atoms with E-state index >= 15 is 0 Å². The summed E-state index contributed by atoms with van der Waals surface area (Å²) in [6.07, 6.45) is 10.1. The molecular formula is C11H21Cl. The second-order valence-corrected chi connectivity index (χ2v) is 4.66. The third-order valence-electron chi connectivity index (χ3n) is 2.97. The molecule has 0 aromatic heterocycles. The Morgan fingerprint density at radius 3 is 2.25 bits per heavy atom. The molecule has 12 heavy (non-hydrogen) atoms. The highest BCUT2D eigenvalue weighted by molar-refractivity contribution is 6.18. The van der Waals surface area contributed by atoms with Crippen molar-refractivity contribution in [2.45, 2.75) is 51.9 Å². The lowest BCUT2D eigenvalue weighted by atomic mass is 9.91. The van der Waals surface area contributed by atoms with E-state index in [1.807, 2.05) is 0 Å². The second kappa shape index (κ2) is 5.85. The first-order valence-electron chi connectivity index (χ1n) is 5.39. The molecule has 0 aliphatic heterocycles. The van der Waals surface area contributed by atoms with Crippen LogP contribution < -0.4 is 0 Å². The highest BCUT2D eigenvalue weighted by atomic mass is 35.5. The fraction of sp³-hybridized carbons (Fsp3) is 1.00. The van der Waals surface area contributed by atoms with Crippen LogP contribution in [0, 0.1) is 11.8 Å². The molecule has 1 aliphatic carbocycles. The maximum absolute atomic E-state index is 5.81. The van der Waals surface area contributed by atoms with Crippen LogP contribution in [-0.4, -0.2) is 5.88 Å². The largest absolute Gasteiger partial charge is 0.126 e. The quantitative estimate of drug-likeness (QED) is 0.460. The van der Waals surface area contributed by atoms with Gasteiger partial charge in [-0.15, -0.1) is 11.6 Å². The molecule has 1 saturated carbocycles. The maximum Gasteiger partial charge on any atom is 0.0249 e. The molecule has 0 saturated heterocycles. The summed E-state index contributed by atoms with van der Waals surface area (Å²) in [5, 5.41) is 0. The summed E-state index contributed by atoms with van der Waals surface area (Å²) in [7, 11) is 0. The summed E-state index contributed by atoms with van der Waals surface area (Å²) in [5.74, 6) is 2.56. The molecule has 1 atom stereocenters. The Morgan fingerprint density at radius 2 is 1.75 bits per heavy atom. The number of hydrogen-bond acceptors (Lipinski definition) is 0. The van der Waals surface area contributed by atoms with E-state index < -0.39 is 0 Å². The Hall–Kier alpha value is 0.290. The van der Waals surface area contributed by atoms with Gasteiger partial charge in [-0.1, -0.05) is 45.4 Å². The lowest BCUT2D eigenvalue weighted by Gasteiger charge is -2.17. The second-order valence-electron chi connectivity index (χ2n) is 4.35. The lowest BCUT2D eigenvalue weighted by molar-refractivity contribution is 0.372. The molecule has 0 amide bonds. The minimum absolute atomic E-state index is 0.731. The average Bonchev–Trinajstić information content (AvgIpc) is 2.33. The minimum Gasteiger partial charge on any atom is -0.126 e. The molecule has 1 aliphatic rings. The van der Waals surface area contributed by atoms with Gasteiger partial charge in [0.15, 0.2) is 0 Å². The molecule has 1 heteroatoms. The molecule has 1 fully saturated rings. The van der Waals surface area contributed by atoms with Crippen LogP contribution in [0.2, 0.25) is 0 Å². The fourth-order valence-corrected chi connectivity index (χ4v) is 2.36. The van der Waals surface area contributed by atoms with Crippen molar-refractivity contribution in [3.05, 3.63) is 0 Å². The summed E-state index contributed by atoms with van der Waals surface area (Å²) >= 11 is 5.81. The summed E-state index contributed by atoms with van der Waals surface area (Å²) < 4.78 is 0. The molecule has 0 radical (unpaired) electrons. The van der Waals surface area contributed by atoms with E-state index in [-0.39, 0.29) is 0 Å². The Morgan fingerprint density at radius 1 is 1.17 bits per heavy atom. The van der Waals surface area contributed by atoms with Gasteiger partial charge in [0, 0.05) is 5.88 Å². The van der Waals surface area contributed by atoms with Crippen molar-refractivity contribution in [1.82, 2.24) is 0 Å². The van der Waals surface area contributed by atoms with Crippen molar-refractivity contribution in [3.63, 3.8) is 0 Å². The summed E-state index contributed by atoms with van der Waals surface area (Å²) in [6.45, 7) is 2.28. The summed E-state index contributed by atoms with van der Waals surface area (Å²) in [6, 6.07) is 0. The van der Waals surface area contributed by atoms with Crippen LogP contribution >= 0.6 is 11.6 Å². The molecule has 0 aromatic carbocycles. The van der Waals surface area contributed by atoms with E-state index in [1.165, 1.54) is 44.9 Å². The van der Waals surface area contributed by atoms with E-state index in [2.05, 4.69) is 6.92 Å². The first kappa shape index (κ1) is 10.4. The Labute approximate surface area is 81.7 Å². The average molecular weight is 189 g/mol. The molecule has 0 N–H and O–H groups in total. The van der Waals surface area contributed by atoms with Crippen molar-refractivity contribution in [2.75, 3.05) is 5.88 Å². The Balaban J connectivity index is 2.20. The summed E-state index contributed by atoms with van der Waals surface area (Å²) in [4.78, 5) is 0. The maximum atomic E-state index is 5.81. The van der Waals surface area contributed by atoms with Crippen LogP contribution in [0.15, 0.2) is 0 Å². The van der Waals surface area contributed by atoms with E-state index in [1.54, 1.807) is 0 Å². The van der Waals surface area contributed by atoms with Crippen molar-refractivity contribution in [2.24, 2.45) is 11.8 Å². The first-order chi connectivity index (χ1) is 5.83. The van der Waals surface area contributed by atoms with Crippen LogP contribution in [0.5, 0.6) is 0 Å². The fourth-order valence-electron chi connectivity index (χ4n) is 2.23. The Bertz CT molecular complexity index is 104. The van der Waals surface area contributed by atoms with E-state index in [4.69, 9.17) is 11.6 Å². The number of alkyl halides is 1. The van der Waals surface area contributed by atoms with E-state index in [0.29, 0.717) is 0 Å². The van der Waals surface area contributed by atoms with Gasteiger partial charge in [0.1, 0.15) is 0 Å². The Kier molecular flexibility index (Phi) is 5.06. The number of rotatable bonds is 3. The van der Waals surface area contributed by atoms with E-state index in [0.717, 1.165) is 17.7 Å². The third-order valence-corrected chi connectivity index (χ3v) is 3.50. The molecular weight excluding hydrogens is 168 g/mol. The predicted octanol–water partition coefficient (Wildman–Crippen LogP) is 4.22. The van der Waals surface area contributed by atoms with Gasteiger partial charge in [-0.05, 0) is 18.3 Å². The molecule has 0 heterocycles. The van der Waals surface area contributed by atoms with Crippen LogP contribution in [-0.2, 0) is 0 Å². The smallest absolute Gasteiger partial charge is 0.0249 e. The SMILES string of the molecule is CC(CCl)CC1CCCCCC1. The molecule has 0 aromatic rings. The van der Waals surface area contributed by atoms with Crippen LogP contribution in [0.25, 0.3) is 0 Å². The molecule has 0 spiro atoms. The van der Waals surface area contributed by atoms with Gasteiger partial charge in [-0.25, -0.2) is 0 Å². The predicted molar refractivity (Wildman–Crippen MR) is 55.7 cm³/mol. The monoisotopic (exact) mass is 188 g/mol. The van der Waals surface area contributed by atoms with Crippen LogP contribution in [0.4, 0.5) is 0 Å². The van der Waals surface area contributed by atoms with Crippen molar-refractivity contribution in [3.8, 4) is 0 Å². The normalized spacial score (nSPS) is 23.5. The van der Waals surface area contributed by atoms with Gasteiger partial charge < -0.3 is 0 Å². The van der Waals surface area contributed by atoms with Crippen molar-refractivity contribution in [1.29, 1.82) is 0 Å². The van der Waals surface area contributed by atoms with Crippen molar-refractivity contribution < 1.29 is 0 Å².